The Balaban J connectivity index is 2.03. The second-order valence-electron chi connectivity index (χ2n) is 5.51. The Bertz CT molecular complexity index is 810. The van der Waals surface area contributed by atoms with Gasteiger partial charge in [0.25, 0.3) is 0 Å². The van der Waals surface area contributed by atoms with E-state index in [0.717, 1.165) is 5.56 Å². The molecule has 0 spiro atoms. The van der Waals surface area contributed by atoms with E-state index in [0.29, 0.717) is 12.8 Å². The molecule has 0 aliphatic carbocycles. The van der Waals surface area contributed by atoms with Crippen LogP contribution in [0.1, 0.15) is 24.4 Å². The number of aliphatic hydroxyl groups excluding tert-OH is 1. The van der Waals surface area contributed by atoms with Gasteiger partial charge in [-0.05, 0) is 37.6 Å². The van der Waals surface area contributed by atoms with Gasteiger partial charge in [-0.1, -0.05) is 30.3 Å². The lowest BCUT2D eigenvalue weighted by atomic mass is 10.0. The fraction of sp³-hybridized carbons (Fsp3) is 0.294. The SMILES string of the molecule is CNS(=O)(=O)c1ccc(NC(=O)N[C@@H](CCCO)c2ccccc2)nc1. The van der Waals surface area contributed by atoms with Crippen molar-refractivity contribution in [3.05, 3.63) is 54.2 Å². The molecule has 2 rings (SSSR count). The average molecular weight is 378 g/mol. The van der Waals surface area contributed by atoms with Crippen LogP contribution in [0.15, 0.2) is 53.6 Å². The third kappa shape index (κ3) is 5.51. The number of rotatable bonds is 8. The summed E-state index contributed by atoms with van der Waals surface area (Å²) in [5, 5.41) is 14.5. The van der Waals surface area contributed by atoms with E-state index in [1.807, 2.05) is 30.3 Å². The molecule has 1 atom stereocenters. The monoisotopic (exact) mass is 378 g/mol. The number of nitrogens with one attached hydrogen (secondary N) is 3. The molecule has 0 saturated carbocycles. The van der Waals surface area contributed by atoms with Gasteiger partial charge < -0.3 is 10.4 Å². The first kappa shape index (κ1) is 19.8. The van der Waals surface area contributed by atoms with Gasteiger partial charge in [-0.15, -0.1) is 0 Å². The highest BCUT2D eigenvalue weighted by atomic mass is 32.2. The van der Waals surface area contributed by atoms with Crippen molar-refractivity contribution in [1.82, 2.24) is 15.0 Å². The zero-order valence-electron chi connectivity index (χ0n) is 14.3. The minimum absolute atomic E-state index is 0.0102. The van der Waals surface area contributed by atoms with Crippen LogP contribution in [-0.2, 0) is 10.0 Å². The number of pyridine rings is 1. The Hall–Kier alpha value is -2.49. The van der Waals surface area contributed by atoms with E-state index in [9.17, 15) is 13.2 Å². The molecule has 0 aliphatic heterocycles. The van der Waals surface area contributed by atoms with E-state index in [2.05, 4.69) is 20.3 Å². The highest BCUT2D eigenvalue weighted by Gasteiger charge is 2.15. The maximum atomic E-state index is 12.2. The molecule has 0 aliphatic rings. The molecule has 2 aromatic rings. The summed E-state index contributed by atoms with van der Waals surface area (Å²) in [4.78, 5) is 16.2. The van der Waals surface area contributed by atoms with E-state index < -0.39 is 16.1 Å². The highest BCUT2D eigenvalue weighted by Crippen LogP contribution is 2.18. The summed E-state index contributed by atoms with van der Waals surface area (Å²) >= 11 is 0. The van der Waals surface area contributed by atoms with Gasteiger partial charge in [-0.2, -0.15) is 0 Å². The molecule has 0 radical (unpaired) electrons. The highest BCUT2D eigenvalue weighted by molar-refractivity contribution is 7.89. The van der Waals surface area contributed by atoms with Gasteiger partial charge in [0.1, 0.15) is 10.7 Å². The summed E-state index contributed by atoms with van der Waals surface area (Å²) in [6.07, 6.45) is 2.30. The van der Waals surface area contributed by atoms with Crippen molar-refractivity contribution >= 4 is 21.9 Å². The van der Waals surface area contributed by atoms with Gasteiger partial charge in [0.15, 0.2) is 0 Å². The van der Waals surface area contributed by atoms with Crippen LogP contribution in [-0.4, -0.2) is 38.2 Å². The number of benzene rings is 1. The maximum absolute atomic E-state index is 12.2. The lowest BCUT2D eigenvalue weighted by Gasteiger charge is -2.19. The van der Waals surface area contributed by atoms with E-state index in [4.69, 9.17) is 5.11 Å². The minimum atomic E-state index is -3.57. The number of hydrogen-bond donors (Lipinski definition) is 4. The van der Waals surface area contributed by atoms with Crippen molar-refractivity contribution in [2.24, 2.45) is 0 Å². The zero-order valence-corrected chi connectivity index (χ0v) is 15.2. The predicted octanol–water partition coefficient (Wildman–Crippen LogP) is 1.62. The molecule has 0 fully saturated rings. The van der Waals surface area contributed by atoms with Crippen LogP contribution in [0, 0.1) is 0 Å². The Kier molecular flexibility index (Phi) is 7.07. The van der Waals surface area contributed by atoms with Gasteiger partial charge in [0.05, 0.1) is 6.04 Å². The Morgan fingerprint density at radius 1 is 1.19 bits per heavy atom. The number of sulfonamides is 1. The lowest BCUT2D eigenvalue weighted by molar-refractivity contribution is 0.243. The number of amides is 2. The third-order valence-corrected chi connectivity index (χ3v) is 5.11. The first-order valence-electron chi connectivity index (χ1n) is 8.09. The molecule has 2 amide bonds. The first-order chi connectivity index (χ1) is 12.5. The third-order valence-electron chi connectivity index (χ3n) is 3.72. The van der Waals surface area contributed by atoms with Crippen LogP contribution in [0.3, 0.4) is 0 Å². The quantitative estimate of drug-likeness (QED) is 0.556. The number of urea groups is 1. The Morgan fingerprint density at radius 3 is 2.50 bits per heavy atom. The molecule has 0 saturated heterocycles. The molecule has 8 nitrogen and oxygen atoms in total. The van der Waals surface area contributed by atoms with Crippen LogP contribution in [0.4, 0.5) is 10.6 Å². The maximum Gasteiger partial charge on any atom is 0.320 e. The first-order valence-corrected chi connectivity index (χ1v) is 9.57. The fourth-order valence-electron chi connectivity index (χ4n) is 2.34. The van der Waals surface area contributed by atoms with Crippen molar-refractivity contribution in [1.29, 1.82) is 0 Å². The second-order valence-corrected chi connectivity index (χ2v) is 7.40. The van der Waals surface area contributed by atoms with Crippen LogP contribution in [0.5, 0.6) is 0 Å². The molecule has 9 heteroatoms. The molecule has 1 aromatic heterocycles. The van der Waals surface area contributed by atoms with Gasteiger partial charge in [-0.25, -0.2) is 22.9 Å². The minimum Gasteiger partial charge on any atom is -0.396 e. The number of anilines is 1. The topological polar surface area (TPSA) is 120 Å². The molecule has 26 heavy (non-hydrogen) atoms. The number of hydrogen-bond acceptors (Lipinski definition) is 5. The van der Waals surface area contributed by atoms with Crippen LogP contribution < -0.4 is 15.4 Å². The van der Waals surface area contributed by atoms with Crippen molar-refractivity contribution in [3.8, 4) is 0 Å². The van der Waals surface area contributed by atoms with E-state index in [-0.39, 0.29) is 23.4 Å². The second kappa shape index (κ2) is 9.27. The summed E-state index contributed by atoms with van der Waals surface area (Å²) in [6, 6.07) is 11.5. The molecular formula is C17H22N4O4S. The largest absolute Gasteiger partial charge is 0.396 e. The summed E-state index contributed by atoms with van der Waals surface area (Å²) < 4.78 is 25.5. The van der Waals surface area contributed by atoms with E-state index >= 15 is 0 Å². The number of carbonyl (C=O) groups is 1. The van der Waals surface area contributed by atoms with Crippen LogP contribution in [0.25, 0.3) is 0 Å². The molecule has 1 heterocycles. The van der Waals surface area contributed by atoms with Gasteiger partial charge in [-0.3, -0.25) is 5.32 Å². The van der Waals surface area contributed by atoms with Crippen molar-refractivity contribution in [3.63, 3.8) is 0 Å². The van der Waals surface area contributed by atoms with Crippen molar-refractivity contribution < 1.29 is 18.3 Å². The molecule has 0 bridgehead atoms. The van der Waals surface area contributed by atoms with E-state index in [1.54, 1.807) is 0 Å². The van der Waals surface area contributed by atoms with Gasteiger partial charge >= 0.3 is 6.03 Å². The van der Waals surface area contributed by atoms with Crippen LogP contribution in [0.2, 0.25) is 0 Å². The average Bonchev–Trinajstić information content (AvgIpc) is 2.66. The molecule has 140 valence electrons. The van der Waals surface area contributed by atoms with E-state index in [1.165, 1.54) is 25.4 Å². The Morgan fingerprint density at radius 2 is 1.92 bits per heavy atom. The lowest BCUT2D eigenvalue weighted by Crippen LogP contribution is -2.33. The summed E-state index contributed by atoms with van der Waals surface area (Å²) in [7, 11) is -2.26. The summed E-state index contributed by atoms with van der Waals surface area (Å²) in [6.45, 7) is 0.0373. The molecule has 0 unspecified atom stereocenters. The van der Waals surface area contributed by atoms with Gasteiger partial charge in [0, 0.05) is 12.8 Å². The predicted molar refractivity (Wildman–Crippen MR) is 98.1 cm³/mol. The number of nitrogens with zero attached hydrogens (tertiary/aromatic N) is 1. The fourth-order valence-corrected chi connectivity index (χ4v) is 3.02. The summed E-state index contributed by atoms with van der Waals surface area (Å²) in [5.41, 5.74) is 0.930. The Labute approximate surface area is 152 Å². The summed E-state index contributed by atoms with van der Waals surface area (Å²) in [5.74, 6) is 0.228. The standard InChI is InChI=1S/C17H22N4O4S/c1-18-26(24,25)14-9-10-16(19-12-14)21-17(23)20-15(8-5-11-22)13-6-3-2-4-7-13/h2-4,6-7,9-10,12,15,18,22H,5,8,11H2,1H3,(H2,19,20,21,23)/t15-/m0/s1. The smallest absolute Gasteiger partial charge is 0.320 e. The molecule has 1 aromatic carbocycles. The van der Waals surface area contributed by atoms with Gasteiger partial charge in [0.2, 0.25) is 10.0 Å². The van der Waals surface area contributed by atoms with Crippen LogP contribution >= 0.6 is 0 Å². The molecular weight excluding hydrogens is 356 g/mol. The van der Waals surface area contributed by atoms with Crippen molar-refractivity contribution in [2.45, 2.75) is 23.8 Å². The molecule has 4 N–H and O–H groups in total. The number of carbonyl (C=O) groups excluding carboxylic acids is 1. The zero-order chi connectivity index (χ0) is 19.0. The van der Waals surface area contributed by atoms with Crippen molar-refractivity contribution in [2.75, 3.05) is 19.0 Å². The number of aliphatic hydroxyl groups is 1. The number of aromatic nitrogens is 1. The normalized spacial score (nSPS) is 12.4.